The molecule has 2 fully saturated rings. The summed E-state index contributed by atoms with van der Waals surface area (Å²) in [7, 11) is 0. The number of nitrogens with zero attached hydrogens (tertiary/aromatic N) is 2. The van der Waals surface area contributed by atoms with E-state index in [1.165, 1.54) is 73.3 Å². The Balaban J connectivity index is 1.11. The zero-order valence-corrected chi connectivity index (χ0v) is 19.0. The topological polar surface area (TPSA) is 18.5 Å². The lowest BCUT2D eigenvalue weighted by Crippen LogP contribution is -2.45. The van der Waals surface area contributed by atoms with Crippen LogP contribution in [0.25, 0.3) is 11.6 Å². The minimum absolute atomic E-state index is 0.676. The van der Waals surface area contributed by atoms with E-state index in [1.54, 1.807) is 0 Å². The van der Waals surface area contributed by atoms with Gasteiger partial charge in [0, 0.05) is 37.9 Å². The number of nitrogens with one attached hydrogen (secondary N) is 1. The summed E-state index contributed by atoms with van der Waals surface area (Å²) in [6.07, 6.45) is 8.67. The Kier molecular flexibility index (Phi) is 6.42. The van der Waals surface area contributed by atoms with E-state index >= 15 is 0 Å². The maximum absolute atomic E-state index is 3.84. The Morgan fingerprint density at radius 2 is 1.71 bits per heavy atom. The molecular weight excluding hydrogens is 378 g/mol. The summed E-state index contributed by atoms with van der Waals surface area (Å²) in [4.78, 5) is 5.22. The van der Waals surface area contributed by atoms with Crippen LogP contribution in [0.4, 0.5) is 5.69 Å². The number of piperidine rings is 2. The molecule has 0 atom stereocenters. The SMILES string of the molecule is CC1CCN(CCNC2CCN(c3cccc(C4=Cc5ccccc5C4)c3)CC2)CC1. The van der Waals surface area contributed by atoms with Crippen LogP contribution in [-0.2, 0) is 6.42 Å². The summed E-state index contributed by atoms with van der Waals surface area (Å²) < 4.78 is 0. The van der Waals surface area contributed by atoms with E-state index in [1.807, 2.05) is 0 Å². The van der Waals surface area contributed by atoms with Crippen LogP contribution >= 0.6 is 0 Å². The first-order valence-electron chi connectivity index (χ1n) is 12.3. The summed E-state index contributed by atoms with van der Waals surface area (Å²) >= 11 is 0. The smallest absolute Gasteiger partial charge is 0.0372 e. The number of allylic oxidation sites excluding steroid dienone is 1. The number of anilines is 1. The zero-order valence-electron chi connectivity index (χ0n) is 19.0. The lowest BCUT2D eigenvalue weighted by molar-refractivity contribution is 0.190. The minimum Gasteiger partial charge on any atom is -0.371 e. The predicted octanol–water partition coefficient (Wildman–Crippen LogP) is 5.07. The molecule has 0 aromatic heterocycles. The van der Waals surface area contributed by atoms with E-state index in [9.17, 15) is 0 Å². The quantitative estimate of drug-likeness (QED) is 0.710. The fraction of sp³-hybridized carbons (Fsp3) is 0.500. The summed E-state index contributed by atoms with van der Waals surface area (Å²) in [5.41, 5.74) is 7.05. The third-order valence-corrected chi connectivity index (χ3v) is 7.58. The van der Waals surface area contributed by atoms with Gasteiger partial charge in [-0.1, -0.05) is 49.4 Å². The zero-order chi connectivity index (χ0) is 21.0. The lowest BCUT2D eigenvalue weighted by Gasteiger charge is -2.35. The van der Waals surface area contributed by atoms with Gasteiger partial charge < -0.3 is 15.1 Å². The molecule has 2 aromatic rings. The van der Waals surface area contributed by atoms with Crippen LogP contribution in [0.1, 0.15) is 49.3 Å². The van der Waals surface area contributed by atoms with Gasteiger partial charge >= 0.3 is 0 Å². The van der Waals surface area contributed by atoms with Gasteiger partial charge in [0.15, 0.2) is 0 Å². The van der Waals surface area contributed by atoms with Gasteiger partial charge in [-0.15, -0.1) is 0 Å². The first-order valence-corrected chi connectivity index (χ1v) is 12.3. The van der Waals surface area contributed by atoms with Crippen molar-refractivity contribution in [3.63, 3.8) is 0 Å². The minimum atomic E-state index is 0.676. The van der Waals surface area contributed by atoms with Gasteiger partial charge in [-0.3, -0.25) is 0 Å². The largest absolute Gasteiger partial charge is 0.371 e. The number of hydrogen-bond donors (Lipinski definition) is 1. The van der Waals surface area contributed by atoms with Gasteiger partial charge in [0.2, 0.25) is 0 Å². The molecule has 3 nitrogen and oxygen atoms in total. The summed E-state index contributed by atoms with van der Waals surface area (Å²) in [6.45, 7) is 9.64. The van der Waals surface area contributed by atoms with Crippen molar-refractivity contribution in [3.05, 3.63) is 65.2 Å². The standard InChI is InChI=1S/C28H37N3/c1-22-9-14-30(15-10-22)18-13-29-27-11-16-31(17-12-27)28-8-4-7-25(21-28)26-19-23-5-2-3-6-24(23)20-26/h2-8,19,21-22,27,29H,9-18,20H2,1H3. The van der Waals surface area contributed by atoms with Crippen LogP contribution in [0.2, 0.25) is 0 Å². The maximum atomic E-state index is 3.84. The molecule has 1 aliphatic carbocycles. The van der Waals surface area contributed by atoms with Crippen molar-refractivity contribution in [2.45, 2.75) is 45.1 Å². The molecule has 0 spiro atoms. The Bertz CT molecular complexity index is 902. The lowest BCUT2D eigenvalue weighted by atomic mass is 9.99. The molecule has 31 heavy (non-hydrogen) atoms. The summed E-state index contributed by atoms with van der Waals surface area (Å²) in [5.74, 6) is 0.923. The number of fused-ring (bicyclic) bond motifs is 1. The van der Waals surface area contributed by atoms with Crippen molar-refractivity contribution < 1.29 is 0 Å². The fourth-order valence-electron chi connectivity index (χ4n) is 5.42. The average molecular weight is 416 g/mol. The van der Waals surface area contributed by atoms with Crippen LogP contribution in [-0.4, -0.2) is 50.2 Å². The summed E-state index contributed by atoms with van der Waals surface area (Å²) in [5, 5.41) is 3.84. The first-order chi connectivity index (χ1) is 15.2. The Labute approximate surface area is 188 Å². The van der Waals surface area contributed by atoms with Crippen molar-refractivity contribution in [1.29, 1.82) is 0 Å². The highest BCUT2D eigenvalue weighted by Crippen LogP contribution is 2.33. The molecule has 0 bridgehead atoms. The summed E-state index contributed by atoms with van der Waals surface area (Å²) in [6, 6.07) is 18.7. The van der Waals surface area contributed by atoms with Crippen LogP contribution < -0.4 is 10.2 Å². The van der Waals surface area contributed by atoms with E-state index in [-0.39, 0.29) is 0 Å². The molecule has 3 heteroatoms. The molecular formula is C28H37N3. The van der Waals surface area contributed by atoms with E-state index in [0.29, 0.717) is 6.04 Å². The highest BCUT2D eigenvalue weighted by molar-refractivity contribution is 5.89. The van der Waals surface area contributed by atoms with Gasteiger partial charge in [-0.25, -0.2) is 0 Å². The Morgan fingerprint density at radius 1 is 0.903 bits per heavy atom. The molecule has 0 amide bonds. The second-order valence-corrected chi connectivity index (χ2v) is 9.84. The molecule has 2 saturated heterocycles. The van der Waals surface area contributed by atoms with Crippen molar-refractivity contribution in [1.82, 2.24) is 10.2 Å². The van der Waals surface area contributed by atoms with Gasteiger partial charge in [0.05, 0.1) is 0 Å². The van der Waals surface area contributed by atoms with Crippen LogP contribution in [0.3, 0.4) is 0 Å². The van der Waals surface area contributed by atoms with Gasteiger partial charge in [0.1, 0.15) is 0 Å². The second kappa shape index (κ2) is 9.58. The number of rotatable bonds is 6. The van der Waals surface area contributed by atoms with E-state index < -0.39 is 0 Å². The van der Waals surface area contributed by atoms with Gasteiger partial charge in [0.25, 0.3) is 0 Å². The molecule has 2 aliphatic heterocycles. The molecule has 5 rings (SSSR count). The van der Waals surface area contributed by atoms with Crippen LogP contribution in [0, 0.1) is 5.92 Å². The van der Waals surface area contributed by atoms with Crippen molar-refractivity contribution in [2.24, 2.45) is 5.92 Å². The Hall–Kier alpha value is -2.10. The predicted molar refractivity (Wildman–Crippen MR) is 133 cm³/mol. The van der Waals surface area contributed by atoms with Gasteiger partial charge in [-0.2, -0.15) is 0 Å². The van der Waals surface area contributed by atoms with E-state index in [2.05, 4.69) is 76.6 Å². The van der Waals surface area contributed by atoms with E-state index in [0.717, 1.165) is 32.0 Å². The second-order valence-electron chi connectivity index (χ2n) is 9.84. The maximum Gasteiger partial charge on any atom is 0.0372 e. The molecule has 164 valence electrons. The third kappa shape index (κ3) is 5.05. The van der Waals surface area contributed by atoms with Crippen molar-refractivity contribution in [3.8, 4) is 0 Å². The van der Waals surface area contributed by atoms with Crippen molar-refractivity contribution >= 4 is 17.3 Å². The Morgan fingerprint density at radius 3 is 2.52 bits per heavy atom. The number of benzene rings is 2. The number of hydrogen-bond acceptors (Lipinski definition) is 3. The molecule has 2 heterocycles. The van der Waals surface area contributed by atoms with Crippen molar-refractivity contribution in [2.75, 3.05) is 44.2 Å². The number of likely N-dealkylation sites (tertiary alicyclic amines) is 1. The third-order valence-electron chi connectivity index (χ3n) is 7.58. The highest BCUT2D eigenvalue weighted by atomic mass is 15.2. The monoisotopic (exact) mass is 415 g/mol. The molecule has 0 saturated carbocycles. The molecule has 3 aliphatic rings. The highest BCUT2D eigenvalue weighted by Gasteiger charge is 2.21. The molecule has 1 N–H and O–H groups in total. The molecule has 0 unspecified atom stereocenters. The van der Waals surface area contributed by atoms with Crippen LogP contribution in [0.5, 0.6) is 0 Å². The van der Waals surface area contributed by atoms with Crippen LogP contribution in [0.15, 0.2) is 48.5 Å². The normalized spacial score (nSPS) is 20.7. The molecule has 2 aromatic carbocycles. The average Bonchev–Trinajstić information content (AvgIpc) is 3.25. The van der Waals surface area contributed by atoms with E-state index in [4.69, 9.17) is 0 Å². The fourth-order valence-corrected chi connectivity index (χ4v) is 5.42. The molecule has 0 radical (unpaired) electrons. The first kappa shape index (κ1) is 20.8. The van der Waals surface area contributed by atoms with Gasteiger partial charge in [-0.05, 0) is 85.5 Å².